The lowest BCUT2D eigenvalue weighted by molar-refractivity contribution is 0.197. The number of nitrogens with one attached hydrogen (secondary N) is 1. The number of halogens is 1. The largest absolute Gasteiger partial charge is 0.383 e. The van der Waals surface area contributed by atoms with Crippen molar-refractivity contribution in [3.8, 4) is 0 Å². The molecular formula is C15H28BrN3O. The summed E-state index contributed by atoms with van der Waals surface area (Å²) in [7, 11) is 1.74. The van der Waals surface area contributed by atoms with Crippen molar-refractivity contribution in [3.63, 3.8) is 0 Å². The van der Waals surface area contributed by atoms with Crippen LogP contribution in [0.15, 0.2) is 4.47 Å². The van der Waals surface area contributed by atoms with Gasteiger partial charge in [0.2, 0.25) is 0 Å². The van der Waals surface area contributed by atoms with Gasteiger partial charge in [-0.3, -0.25) is 4.68 Å². The van der Waals surface area contributed by atoms with E-state index >= 15 is 0 Å². The third-order valence-electron chi connectivity index (χ3n) is 3.67. The maximum atomic E-state index is 5.06. The van der Waals surface area contributed by atoms with Crippen molar-refractivity contribution in [1.82, 2.24) is 15.1 Å². The summed E-state index contributed by atoms with van der Waals surface area (Å²) in [6, 6.07) is 0. The van der Waals surface area contributed by atoms with Crippen LogP contribution in [0.5, 0.6) is 0 Å². The summed E-state index contributed by atoms with van der Waals surface area (Å²) in [5, 5.41) is 8.14. The van der Waals surface area contributed by atoms with Crippen LogP contribution < -0.4 is 5.32 Å². The molecule has 4 nitrogen and oxygen atoms in total. The highest BCUT2D eigenvalue weighted by molar-refractivity contribution is 9.10. The fourth-order valence-electron chi connectivity index (χ4n) is 2.33. The Labute approximate surface area is 131 Å². The smallest absolute Gasteiger partial charge is 0.0766 e. The Hall–Kier alpha value is -0.390. The molecule has 0 spiro atoms. The second-order valence-corrected chi connectivity index (χ2v) is 5.85. The van der Waals surface area contributed by atoms with E-state index in [0.717, 1.165) is 39.1 Å². The topological polar surface area (TPSA) is 39.1 Å². The number of rotatable bonds is 10. The molecule has 116 valence electrons. The molecule has 0 aliphatic heterocycles. The van der Waals surface area contributed by atoms with Gasteiger partial charge in [-0.15, -0.1) is 0 Å². The molecule has 0 fully saturated rings. The molecule has 1 atom stereocenters. The van der Waals surface area contributed by atoms with Gasteiger partial charge in [0.25, 0.3) is 0 Å². The van der Waals surface area contributed by atoms with Crippen LogP contribution in [0, 0.1) is 5.92 Å². The molecule has 0 saturated carbocycles. The van der Waals surface area contributed by atoms with Crippen LogP contribution in [0.25, 0.3) is 0 Å². The summed E-state index contributed by atoms with van der Waals surface area (Å²) in [6.07, 6.45) is 3.21. The van der Waals surface area contributed by atoms with Gasteiger partial charge in [0.1, 0.15) is 0 Å². The minimum Gasteiger partial charge on any atom is -0.383 e. The van der Waals surface area contributed by atoms with Crippen molar-refractivity contribution in [3.05, 3.63) is 15.9 Å². The van der Waals surface area contributed by atoms with Crippen LogP contribution in [0.2, 0.25) is 0 Å². The summed E-state index contributed by atoms with van der Waals surface area (Å²) in [4.78, 5) is 0. The van der Waals surface area contributed by atoms with E-state index in [-0.39, 0.29) is 0 Å². The van der Waals surface area contributed by atoms with Crippen LogP contribution in [-0.4, -0.2) is 36.6 Å². The van der Waals surface area contributed by atoms with Crippen LogP contribution in [0.1, 0.15) is 38.6 Å². The van der Waals surface area contributed by atoms with E-state index in [9.17, 15) is 0 Å². The molecule has 0 radical (unpaired) electrons. The van der Waals surface area contributed by atoms with Crippen molar-refractivity contribution < 1.29 is 4.74 Å². The number of aryl methyl sites for hydroxylation is 2. The Morgan fingerprint density at radius 1 is 1.35 bits per heavy atom. The highest BCUT2D eigenvalue weighted by Gasteiger charge is 2.17. The number of hydrogen-bond donors (Lipinski definition) is 1. The molecule has 1 N–H and O–H groups in total. The van der Waals surface area contributed by atoms with E-state index < -0.39 is 0 Å². The zero-order chi connectivity index (χ0) is 15.0. The Kier molecular flexibility index (Phi) is 8.41. The van der Waals surface area contributed by atoms with Crippen LogP contribution in [-0.2, 0) is 24.1 Å². The van der Waals surface area contributed by atoms with Gasteiger partial charge >= 0.3 is 0 Å². The average Bonchev–Trinajstić information content (AvgIpc) is 2.78. The van der Waals surface area contributed by atoms with E-state index in [0.29, 0.717) is 5.92 Å². The molecule has 0 bridgehead atoms. The van der Waals surface area contributed by atoms with Crippen LogP contribution in [0.3, 0.4) is 0 Å². The first kappa shape index (κ1) is 17.7. The Morgan fingerprint density at radius 3 is 2.65 bits per heavy atom. The second-order valence-electron chi connectivity index (χ2n) is 5.05. The normalized spacial score (nSPS) is 12.8. The van der Waals surface area contributed by atoms with Crippen LogP contribution >= 0.6 is 15.9 Å². The summed E-state index contributed by atoms with van der Waals surface area (Å²) in [5.41, 5.74) is 2.51. The van der Waals surface area contributed by atoms with Crippen molar-refractivity contribution in [1.29, 1.82) is 0 Å². The maximum Gasteiger partial charge on any atom is 0.0766 e. The number of nitrogens with zero attached hydrogens (tertiary/aromatic N) is 2. The monoisotopic (exact) mass is 345 g/mol. The molecule has 5 heteroatoms. The quantitative estimate of drug-likeness (QED) is 0.662. The predicted octanol–water partition coefficient (Wildman–Crippen LogP) is 3.03. The number of methoxy groups -OCH3 is 1. The second kappa shape index (κ2) is 9.53. The van der Waals surface area contributed by atoms with Gasteiger partial charge < -0.3 is 10.1 Å². The van der Waals surface area contributed by atoms with E-state index in [1.807, 2.05) is 0 Å². The number of aromatic nitrogens is 2. The van der Waals surface area contributed by atoms with Gasteiger partial charge in [-0.25, -0.2) is 0 Å². The summed E-state index contributed by atoms with van der Waals surface area (Å²) in [6.45, 7) is 10.2. The summed E-state index contributed by atoms with van der Waals surface area (Å²) < 4.78 is 8.41. The van der Waals surface area contributed by atoms with Gasteiger partial charge in [-0.05, 0) is 48.2 Å². The molecule has 0 aromatic carbocycles. The minimum atomic E-state index is 0.634. The van der Waals surface area contributed by atoms with Gasteiger partial charge in [-0.2, -0.15) is 5.10 Å². The van der Waals surface area contributed by atoms with Crippen molar-refractivity contribution in [2.45, 2.75) is 46.6 Å². The Morgan fingerprint density at radius 2 is 2.10 bits per heavy atom. The molecule has 1 unspecified atom stereocenters. The third-order valence-corrected chi connectivity index (χ3v) is 4.58. The van der Waals surface area contributed by atoms with Gasteiger partial charge in [0, 0.05) is 20.2 Å². The van der Waals surface area contributed by atoms with Gasteiger partial charge in [0.15, 0.2) is 0 Å². The first-order valence-corrected chi connectivity index (χ1v) is 8.40. The highest BCUT2D eigenvalue weighted by atomic mass is 79.9. The fraction of sp³-hybridized carbons (Fsp3) is 0.800. The molecule has 0 amide bonds. The van der Waals surface area contributed by atoms with E-state index in [2.05, 4.69) is 51.8 Å². The average molecular weight is 346 g/mol. The summed E-state index contributed by atoms with van der Waals surface area (Å²) >= 11 is 3.73. The van der Waals surface area contributed by atoms with Gasteiger partial charge in [0.05, 0.1) is 22.5 Å². The first-order chi connectivity index (χ1) is 9.67. The molecular weight excluding hydrogens is 318 g/mol. The lowest BCUT2D eigenvalue weighted by Crippen LogP contribution is -2.27. The van der Waals surface area contributed by atoms with E-state index in [1.165, 1.54) is 22.3 Å². The lowest BCUT2D eigenvalue weighted by Gasteiger charge is -2.16. The van der Waals surface area contributed by atoms with E-state index in [1.54, 1.807) is 7.11 Å². The standard InChI is InChI=1S/C15H28BrN3O/c1-5-12(11-17-8-9-20-4)10-14-15(16)13(6-2)18-19(14)7-3/h12,17H,5-11H2,1-4H3. The number of ether oxygens (including phenoxy) is 1. The highest BCUT2D eigenvalue weighted by Crippen LogP contribution is 2.25. The van der Waals surface area contributed by atoms with Crippen molar-refractivity contribution in [2.75, 3.05) is 26.8 Å². The molecule has 1 aromatic rings. The molecule has 1 rings (SSSR count). The Balaban J connectivity index is 2.66. The van der Waals surface area contributed by atoms with Gasteiger partial charge in [-0.1, -0.05) is 20.3 Å². The molecule has 1 aromatic heterocycles. The number of hydrogen-bond acceptors (Lipinski definition) is 3. The molecule has 0 saturated heterocycles. The zero-order valence-electron chi connectivity index (χ0n) is 13.2. The summed E-state index contributed by atoms with van der Waals surface area (Å²) in [5.74, 6) is 0.634. The lowest BCUT2D eigenvalue weighted by atomic mass is 10.00. The van der Waals surface area contributed by atoms with Crippen molar-refractivity contribution >= 4 is 15.9 Å². The fourth-order valence-corrected chi connectivity index (χ4v) is 3.05. The third kappa shape index (κ3) is 4.86. The zero-order valence-corrected chi connectivity index (χ0v) is 14.8. The van der Waals surface area contributed by atoms with E-state index in [4.69, 9.17) is 4.74 Å². The Bertz CT molecular complexity index is 393. The SMILES string of the molecule is CCc1nn(CC)c(CC(CC)CNCCOC)c1Br. The minimum absolute atomic E-state index is 0.634. The molecule has 1 heterocycles. The molecule has 0 aliphatic rings. The van der Waals surface area contributed by atoms with Crippen LogP contribution in [0.4, 0.5) is 0 Å². The molecule has 0 aliphatic carbocycles. The predicted molar refractivity (Wildman–Crippen MR) is 87.2 cm³/mol. The first-order valence-electron chi connectivity index (χ1n) is 7.61. The maximum absolute atomic E-state index is 5.06. The van der Waals surface area contributed by atoms with Crippen molar-refractivity contribution in [2.24, 2.45) is 5.92 Å². The molecule has 20 heavy (non-hydrogen) atoms.